The van der Waals surface area contributed by atoms with Crippen molar-refractivity contribution in [3.63, 3.8) is 0 Å². The van der Waals surface area contributed by atoms with E-state index >= 15 is 0 Å². The highest BCUT2D eigenvalue weighted by Crippen LogP contribution is 2.18. The van der Waals surface area contributed by atoms with Crippen molar-refractivity contribution in [2.45, 2.75) is 57.7 Å². The van der Waals surface area contributed by atoms with Crippen LogP contribution in [0.15, 0.2) is 30.3 Å². The Balaban J connectivity index is 2.03. The molecule has 12 nitrogen and oxygen atoms in total. The van der Waals surface area contributed by atoms with E-state index in [9.17, 15) is 24.0 Å². The SMILES string of the molecule is CC(C)(C)OC(=O)NCC(=O)N1CCC[C@H]1C(=O)N[C@@H](Cc1ccccc1)C(=O)NCC(=O)NO. The second-order valence-electron chi connectivity index (χ2n) is 9.10. The van der Waals surface area contributed by atoms with Crippen LogP contribution in [0.2, 0.25) is 0 Å². The predicted molar refractivity (Wildman–Crippen MR) is 124 cm³/mol. The van der Waals surface area contributed by atoms with Crippen molar-refractivity contribution >= 4 is 29.7 Å². The number of ether oxygens (including phenoxy) is 1. The van der Waals surface area contributed by atoms with E-state index in [1.165, 1.54) is 10.4 Å². The molecule has 0 saturated carbocycles. The quantitative estimate of drug-likeness (QED) is 0.237. The van der Waals surface area contributed by atoms with Crippen LogP contribution >= 0.6 is 0 Å². The number of benzene rings is 1. The molecule has 2 rings (SSSR count). The van der Waals surface area contributed by atoms with Crippen molar-refractivity contribution < 1.29 is 33.9 Å². The van der Waals surface area contributed by atoms with Crippen LogP contribution in [0.1, 0.15) is 39.2 Å². The lowest BCUT2D eigenvalue weighted by Gasteiger charge is -2.27. The molecule has 192 valence electrons. The first kappa shape index (κ1) is 27.6. The summed E-state index contributed by atoms with van der Waals surface area (Å²) in [5.74, 6) is -2.39. The minimum Gasteiger partial charge on any atom is -0.444 e. The maximum atomic E-state index is 13.1. The molecular formula is C23H33N5O7. The van der Waals surface area contributed by atoms with Crippen LogP contribution in [0, 0.1) is 0 Å². The first-order valence-electron chi connectivity index (χ1n) is 11.3. The zero-order valence-corrected chi connectivity index (χ0v) is 20.1. The Bertz CT molecular complexity index is 917. The van der Waals surface area contributed by atoms with E-state index in [-0.39, 0.29) is 13.0 Å². The van der Waals surface area contributed by atoms with Crippen molar-refractivity contribution in [2.75, 3.05) is 19.6 Å². The topological polar surface area (TPSA) is 166 Å². The summed E-state index contributed by atoms with van der Waals surface area (Å²) in [6.07, 6.45) is 0.400. The maximum absolute atomic E-state index is 13.1. The van der Waals surface area contributed by atoms with E-state index in [0.717, 1.165) is 5.56 Å². The summed E-state index contributed by atoms with van der Waals surface area (Å²) < 4.78 is 5.12. The summed E-state index contributed by atoms with van der Waals surface area (Å²) in [5.41, 5.74) is 1.49. The molecule has 0 unspecified atom stereocenters. The number of hydrogen-bond donors (Lipinski definition) is 5. The van der Waals surface area contributed by atoms with Gasteiger partial charge in [0.05, 0.1) is 6.54 Å². The molecule has 1 heterocycles. The molecule has 1 aliphatic rings. The van der Waals surface area contributed by atoms with Gasteiger partial charge in [0.2, 0.25) is 17.7 Å². The third kappa shape index (κ3) is 9.24. The van der Waals surface area contributed by atoms with Gasteiger partial charge < -0.3 is 25.6 Å². The van der Waals surface area contributed by atoms with Gasteiger partial charge in [0.15, 0.2) is 0 Å². The lowest BCUT2D eigenvalue weighted by molar-refractivity contribution is -0.139. The summed E-state index contributed by atoms with van der Waals surface area (Å²) >= 11 is 0. The van der Waals surface area contributed by atoms with E-state index in [4.69, 9.17) is 9.94 Å². The van der Waals surface area contributed by atoms with Gasteiger partial charge in [-0.1, -0.05) is 30.3 Å². The Morgan fingerprint density at radius 1 is 1.09 bits per heavy atom. The molecule has 5 amide bonds. The fraction of sp³-hybridized carbons (Fsp3) is 0.522. The maximum Gasteiger partial charge on any atom is 0.408 e. The van der Waals surface area contributed by atoms with Crippen LogP contribution in [-0.2, 0) is 30.3 Å². The summed E-state index contributed by atoms with van der Waals surface area (Å²) in [5, 5.41) is 16.1. The zero-order chi connectivity index (χ0) is 26.0. The Kier molecular flexibility index (Phi) is 10.0. The fourth-order valence-corrected chi connectivity index (χ4v) is 3.56. The lowest BCUT2D eigenvalue weighted by Crippen LogP contribution is -2.55. The molecule has 5 N–H and O–H groups in total. The van der Waals surface area contributed by atoms with Gasteiger partial charge in [-0.2, -0.15) is 0 Å². The smallest absolute Gasteiger partial charge is 0.408 e. The number of hydrogen-bond acceptors (Lipinski definition) is 7. The fourth-order valence-electron chi connectivity index (χ4n) is 3.56. The second-order valence-corrected chi connectivity index (χ2v) is 9.10. The van der Waals surface area contributed by atoms with Crippen molar-refractivity contribution in [1.29, 1.82) is 0 Å². The number of alkyl carbamates (subject to hydrolysis) is 1. The molecular weight excluding hydrogens is 458 g/mol. The van der Waals surface area contributed by atoms with E-state index in [1.807, 2.05) is 6.07 Å². The third-order valence-corrected chi connectivity index (χ3v) is 5.12. The van der Waals surface area contributed by atoms with Crippen LogP contribution in [0.3, 0.4) is 0 Å². The molecule has 1 aromatic rings. The molecule has 1 saturated heterocycles. The molecule has 2 atom stereocenters. The van der Waals surface area contributed by atoms with E-state index in [0.29, 0.717) is 19.4 Å². The van der Waals surface area contributed by atoms with E-state index in [2.05, 4.69) is 16.0 Å². The highest BCUT2D eigenvalue weighted by atomic mass is 16.6. The molecule has 0 aliphatic carbocycles. The van der Waals surface area contributed by atoms with Crippen LogP contribution in [0.25, 0.3) is 0 Å². The summed E-state index contributed by atoms with van der Waals surface area (Å²) in [7, 11) is 0. The monoisotopic (exact) mass is 491 g/mol. The number of hydroxylamine groups is 1. The van der Waals surface area contributed by atoms with Crippen LogP contribution in [0.5, 0.6) is 0 Å². The van der Waals surface area contributed by atoms with Gasteiger partial charge in [0.25, 0.3) is 5.91 Å². The van der Waals surface area contributed by atoms with Gasteiger partial charge in [-0.25, -0.2) is 10.3 Å². The Morgan fingerprint density at radius 3 is 2.40 bits per heavy atom. The molecule has 0 radical (unpaired) electrons. The molecule has 0 aromatic heterocycles. The molecule has 0 spiro atoms. The summed E-state index contributed by atoms with van der Waals surface area (Å²) in [4.78, 5) is 62.9. The largest absolute Gasteiger partial charge is 0.444 e. The summed E-state index contributed by atoms with van der Waals surface area (Å²) in [6, 6.07) is 7.15. The van der Waals surface area contributed by atoms with Gasteiger partial charge in [-0.05, 0) is 39.2 Å². The minimum absolute atomic E-state index is 0.153. The number of nitrogens with zero attached hydrogens (tertiary/aromatic N) is 1. The molecule has 1 aromatic carbocycles. The predicted octanol–water partition coefficient (Wildman–Crippen LogP) is -0.149. The van der Waals surface area contributed by atoms with Gasteiger partial charge in [-0.15, -0.1) is 0 Å². The van der Waals surface area contributed by atoms with Crippen molar-refractivity contribution in [1.82, 2.24) is 26.3 Å². The van der Waals surface area contributed by atoms with Gasteiger partial charge in [0.1, 0.15) is 24.2 Å². The molecule has 35 heavy (non-hydrogen) atoms. The molecule has 1 fully saturated rings. The van der Waals surface area contributed by atoms with Crippen molar-refractivity contribution in [3.05, 3.63) is 35.9 Å². The van der Waals surface area contributed by atoms with Gasteiger partial charge in [0, 0.05) is 13.0 Å². The van der Waals surface area contributed by atoms with Crippen LogP contribution < -0.4 is 21.4 Å². The van der Waals surface area contributed by atoms with Gasteiger partial charge >= 0.3 is 6.09 Å². The number of likely N-dealkylation sites (tertiary alicyclic amines) is 1. The number of carbonyl (C=O) groups is 5. The number of amides is 5. The molecule has 12 heteroatoms. The summed E-state index contributed by atoms with van der Waals surface area (Å²) in [6.45, 7) is 4.64. The number of rotatable bonds is 9. The zero-order valence-electron chi connectivity index (χ0n) is 20.1. The first-order chi connectivity index (χ1) is 16.5. The molecule has 0 bridgehead atoms. The average molecular weight is 492 g/mol. The van der Waals surface area contributed by atoms with Gasteiger partial charge in [-0.3, -0.25) is 24.4 Å². The van der Waals surface area contributed by atoms with E-state index < -0.39 is 54.0 Å². The Labute approximate surface area is 203 Å². The van der Waals surface area contributed by atoms with Crippen molar-refractivity contribution in [2.24, 2.45) is 0 Å². The Morgan fingerprint density at radius 2 is 1.77 bits per heavy atom. The third-order valence-electron chi connectivity index (χ3n) is 5.12. The Hall–Kier alpha value is -3.67. The first-order valence-corrected chi connectivity index (χ1v) is 11.3. The normalized spacial score (nSPS) is 16.1. The highest BCUT2D eigenvalue weighted by Gasteiger charge is 2.36. The number of nitrogens with one attached hydrogen (secondary N) is 4. The van der Waals surface area contributed by atoms with Crippen molar-refractivity contribution in [3.8, 4) is 0 Å². The second kappa shape index (κ2) is 12.7. The van der Waals surface area contributed by atoms with Crippen LogP contribution in [-0.4, -0.2) is 77.1 Å². The number of carbonyl (C=O) groups excluding carboxylic acids is 5. The minimum atomic E-state index is -1.02. The molecule has 1 aliphatic heterocycles. The average Bonchev–Trinajstić information content (AvgIpc) is 3.30. The van der Waals surface area contributed by atoms with Crippen LogP contribution in [0.4, 0.5) is 4.79 Å². The lowest BCUT2D eigenvalue weighted by atomic mass is 10.0. The standard InChI is InChI=1S/C23H33N5O7/c1-23(2,3)35-22(33)25-14-19(30)28-11-7-10-17(28)21(32)26-16(12-15-8-5-4-6-9-15)20(31)24-13-18(29)27-34/h4-6,8-9,16-17,34H,7,10-14H2,1-3H3,(H,24,31)(H,25,33)(H,26,32)(H,27,29)/t16-,17-/m0/s1. The van der Waals surface area contributed by atoms with E-state index in [1.54, 1.807) is 45.0 Å². The highest BCUT2D eigenvalue weighted by molar-refractivity contribution is 5.94.